The summed E-state index contributed by atoms with van der Waals surface area (Å²) in [6.45, 7) is 0. The molecule has 0 saturated carbocycles. The van der Waals surface area contributed by atoms with Crippen LogP contribution in [0.15, 0.2) is 71.9 Å². The van der Waals surface area contributed by atoms with Crippen LogP contribution in [-0.2, 0) is 11.2 Å². The molecular weight excluding hydrogens is 476 g/mol. The second kappa shape index (κ2) is 10.2. The molecule has 36 heavy (non-hydrogen) atoms. The third-order valence-corrected chi connectivity index (χ3v) is 6.58. The molecule has 180 valence electrons. The van der Waals surface area contributed by atoms with Crippen LogP contribution in [0.5, 0.6) is 11.5 Å². The van der Waals surface area contributed by atoms with Gasteiger partial charge < -0.3 is 14.8 Å². The first-order valence-corrected chi connectivity index (χ1v) is 12.1. The zero-order chi connectivity index (χ0) is 25.1. The van der Waals surface area contributed by atoms with Gasteiger partial charge in [0.25, 0.3) is 0 Å². The Labute approximate surface area is 212 Å². The molecule has 1 amide bonds. The molecule has 0 fully saturated rings. The van der Waals surface area contributed by atoms with E-state index in [1.54, 1.807) is 32.4 Å². The van der Waals surface area contributed by atoms with Gasteiger partial charge in [0.15, 0.2) is 5.78 Å². The lowest BCUT2D eigenvalue weighted by molar-refractivity contribution is -0.115. The third-order valence-electron chi connectivity index (χ3n) is 5.74. The molecule has 1 aliphatic heterocycles. The summed E-state index contributed by atoms with van der Waals surface area (Å²) in [5.41, 5.74) is 4.96. The normalized spacial score (nSPS) is 12.1. The van der Waals surface area contributed by atoms with Gasteiger partial charge in [0, 0.05) is 22.4 Å². The van der Waals surface area contributed by atoms with E-state index in [1.807, 2.05) is 48.5 Å². The van der Waals surface area contributed by atoms with E-state index >= 15 is 0 Å². The van der Waals surface area contributed by atoms with Gasteiger partial charge in [-0.1, -0.05) is 36.0 Å². The molecule has 4 aromatic rings. The quantitative estimate of drug-likeness (QED) is 0.276. The molecule has 0 unspecified atom stereocenters. The number of aromatic nitrogens is 3. The Kier molecular flexibility index (Phi) is 6.64. The Hall–Kier alpha value is -4.24. The van der Waals surface area contributed by atoms with Crippen molar-refractivity contribution in [3.63, 3.8) is 0 Å². The fourth-order valence-corrected chi connectivity index (χ4v) is 4.61. The van der Waals surface area contributed by atoms with Crippen molar-refractivity contribution < 1.29 is 19.1 Å². The highest BCUT2D eigenvalue weighted by Crippen LogP contribution is 2.33. The van der Waals surface area contributed by atoms with Crippen molar-refractivity contribution >= 4 is 29.1 Å². The summed E-state index contributed by atoms with van der Waals surface area (Å²) >= 11 is 1.21. The fourth-order valence-electron chi connectivity index (χ4n) is 3.92. The number of carbonyl (C=O) groups excluding carboxylic acids is 2. The number of nitrogens with zero attached hydrogens (tertiary/aromatic N) is 3. The van der Waals surface area contributed by atoms with Gasteiger partial charge >= 0.3 is 0 Å². The fraction of sp³-hybridized carbons (Fsp3) is 0.148. The summed E-state index contributed by atoms with van der Waals surface area (Å²) < 4.78 is 10.8. The molecule has 5 rings (SSSR count). The summed E-state index contributed by atoms with van der Waals surface area (Å²) in [6, 6.07) is 20.3. The van der Waals surface area contributed by atoms with Gasteiger partial charge in [0.05, 0.1) is 26.4 Å². The van der Waals surface area contributed by atoms with Crippen molar-refractivity contribution in [2.24, 2.45) is 0 Å². The predicted octanol–water partition coefficient (Wildman–Crippen LogP) is 4.69. The van der Waals surface area contributed by atoms with E-state index in [0.29, 0.717) is 33.6 Å². The van der Waals surface area contributed by atoms with E-state index in [0.717, 1.165) is 22.4 Å². The molecule has 1 N–H and O–H groups in total. The van der Waals surface area contributed by atoms with Gasteiger partial charge in [-0.05, 0) is 48.0 Å². The number of hydrogen-bond acceptors (Lipinski definition) is 8. The Morgan fingerprint density at radius 2 is 1.61 bits per heavy atom. The number of hydrogen-bond donors (Lipinski definition) is 1. The number of Topliss-reactive ketones (excluding diaryl/α,β-unsaturated/α-hetero) is 1. The standard InChI is InChI=1S/C27H22N4O4S/c1-34-20-7-3-5-17(12-20)25-26(18-6-4-8-21(13-18)35-2)30-31-27(29-25)36-15-23(32)16-9-10-22-19(11-16)14-24(33)28-22/h3-13H,14-15H2,1-2H3,(H,28,33). The monoisotopic (exact) mass is 498 g/mol. The summed E-state index contributed by atoms with van der Waals surface area (Å²) in [5, 5.41) is 11.9. The van der Waals surface area contributed by atoms with Gasteiger partial charge in [-0.15, -0.1) is 10.2 Å². The van der Waals surface area contributed by atoms with Gasteiger partial charge in [0.1, 0.15) is 22.9 Å². The second-order valence-electron chi connectivity index (χ2n) is 8.06. The van der Waals surface area contributed by atoms with Crippen LogP contribution in [0.3, 0.4) is 0 Å². The van der Waals surface area contributed by atoms with Crippen molar-refractivity contribution in [1.82, 2.24) is 15.2 Å². The maximum atomic E-state index is 12.9. The number of thioether (sulfide) groups is 1. The number of rotatable bonds is 8. The summed E-state index contributed by atoms with van der Waals surface area (Å²) in [6.07, 6.45) is 0.284. The maximum Gasteiger partial charge on any atom is 0.228 e. The lowest BCUT2D eigenvalue weighted by Gasteiger charge is -2.11. The van der Waals surface area contributed by atoms with E-state index in [4.69, 9.17) is 14.5 Å². The van der Waals surface area contributed by atoms with Gasteiger partial charge in [-0.3, -0.25) is 9.59 Å². The van der Waals surface area contributed by atoms with Gasteiger partial charge in [0.2, 0.25) is 11.1 Å². The first-order chi connectivity index (χ1) is 17.5. The van der Waals surface area contributed by atoms with E-state index < -0.39 is 0 Å². The lowest BCUT2D eigenvalue weighted by atomic mass is 10.0. The average molecular weight is 499 g/mol. The number of ether oxygens (including phenoxy) is 2. The van der Waals surface area contributed by atoms with Crippen LogP contribution in [0.25, 0.3) is 22.5 Å². The Balaban J connectivity index is 1.44. The number of ketones is 1. The number of benzene rings is 3. The lowest BCUT2D eigenvalue weighted by Crippen LogP contribution is -2.05. The van der Waals surface area contributed by atoms with E-state index in [9.17, 15) is 9.59 Å². The predicted molar refractivity (Wildman–Crippen MR) is 138 cm³/mol. The van der Waals surface area contributed by atoms with Crippen molar-refractivity contribution in [2.75, 3.05) is 25.3 Å². The molecule has 9 heteroatoms. The van der Waals surface area contributed by atoms with Crippen molar-refractivity contribution in [3.8, 4) is 34.0 Å². The molecule has 3 aromatic carbocycles. The molecular formula is C27H22N4O4S. The maximum absolute atomic E-state index is 12.9. The highest BCUT2D eigenvalue weighted by molar-refractivity contribution is 7.99. The summed E-state index contributed by atoms with van der Waals surface area (Å²) in [4.78, 5) is 29.2. The van der Waals surface area contributed by atoms with E-state index in [-0.39, 0.29) is 23.9 Å². The largest absolute Gasteiger partial charge is 0.497 e. The van der Waals surface area contributed by atoms with Crippen molar-refractivity contribution in [2.45, 2.75) is 11.6 Å². The highest BCUT2D eigenvalue weighted by Gasteiger charge is 2.20. The van der Waals surface area contributed by atoms with Gasteiger partial charge in [-0.25, -0.2) is 4.98 Å². The van der Waals surface area contributed by atoms with Crippen LogP contribution in [0.1, 0.15) is 15.9 Å². The molecule has 1 aliphatic rings. The molecule has 0 saturated heterocycles. The number of methoxy groups -OCH3 is 2. The zero-order valence-electron chi connectivity index (χ0n) is 19.6. The van der Waals surface area contributed by atoms with Crippen LogP contribution >= 0.6 is 11.8 Å². The first kappa shape index (κ1) is 23.5. The molecule has 2 heterocycles. The van der Waals surface area contributed by atoms with Crippen LogP contribution in [-0.4, -0.2) is 46.8 Å². The van der Waals surface area contributed by atoms with Crippen molar-refractivity contribution in [1.29, 1.82) is 0 Å². The minimum atomic E-state index is -0.0782. The second-order valence-corrected chi connectivity index (χ2v) is 9.01. The molecule has 0 radical (unpaired) electrons. The van der Waals surface area contributed by atoms with Crippen LogP contribution in [0, 0.1) is 0 Å². The molecule has 0 spiro atoms. The molecule has 0 atom stereocenters. The minimum Gasteiger partial charge on any atom is -0.497 e. The van der Waals surface area contributed by atoms with Crippen molar-refractivity contribution in [3.05, 3.63) is 77.9 Å². The van der Waals surface area contributed by atoms with Crippen LogP contribution in [0.4, 0.5) is 5.69 Å². The molecule has 1 aromatic heterocycles. The third kappa shape index (κ3) is 4.92. The summed E-state index contributed by atoms with van der Waals surface area (Å²) in [5.74, 6) is 1.38. The number of carbonyl (C=O) groups is 2. The van der Waals surface area contributed by atoms with Crippen LogP contribution < -0.4 is 14.8 Å². The van der Waals surface area contributed by atoms with E-state index in [1.165, 1.54) is 11.8 Å². The first-order valence-electron chi connectivity index (χ1n) is 11.2. The number of nitrogens with one attached hydrogen (secondary N) is 1. The topological polar surface area (TPSA) is 103 Å². The van der Waals surface area contributed by atoms with Crippen LogP contribution in [0.2, 0.25) is 0 Å². The molecule has 8 nitrogen and oxygen atoms in total. The Bertz CT molecular complexity index is 1470. The highest BCUT2D eigenvalue weighted by atomic mass is 32.2. The average Bonchev–Trinajstić information content (AvgIpc) is 3.30. The Morgan fingerprint density at radius 1 is 0.917 bits per heavy atom. The number of anilines is 1. The number of fused-ring (bicyclic) bond motifs is 1. The Morgan fingerprint density at radius 3 is 2.31 bits per heavy atom. The smallest absolute Gasteiger partial charge is 0.228 e. The molecule has 0 aliphatic carbocycles. The van der Waals surface area contributed by atoms with E-state index in [2.05, 4.69) is 15.5 Å². The molecule has 0 bridgehead atoms. The van der Waals surface area contributed by atoms with Gasteiger partial charge in [-0.2, -0.15) is 0 Å². The zero-order valence-corrected chi connectivity index (χ0v) is 20.5. The summed E-state index contributed by atoms with van der Waals surface area (Å²) in [7, 11) is 3.22. The number of amides is 1. The minimum absolute atomic E-state index is 0.0651. The SMILES string of the molecule is COc1cccc(-c2nnc(SCC(=O)c3ccc4c(c3)CC(=O)N4)nc2-c2cccc(OC)c2)c1.